The van der Waals surface area contributed by atoms with Crippen LogP contribution in [0.1, 0.15) is 103 Å². The number of unbranched alkanes of at least 4 members (excludes halogenated alkanes) is 13. The van der Waals surface area contributed by atoms with Crippen molar-refractivity contribution in [3.63, 3.8) is 0 Å². The van der Waals surface area contributed by atoms with Crippen molar-refractivity contribution < 1.29 is 29.2 Å². The van der Waals surface area contributed by atoms with Gasteiger partial charge in [-0.2, -0.15) is 0 Å². The molecule has 180 valence electrons. The predicted octanol–water partition coefficient (Wildman–Crippen LogP) is 4.79. The van der Waals surface area contributed by atoms with Gasteiger partial charge in [0.15, 0.2) is 0 Å². The van der Waals surface area contributed by atoms with E-state index in [-0.39, 0.29) is 19.6 Å². The second-order valence-electron chi connectivity index (χ2n) is 8.09. The second-order valence-corrected chi connectivity index (χ2v) is 8.09. The van der Waals surface area contributed by atoms with Gasteiger partial charge in [0.2, 0.25) is 0 Å². The van der Waals surface area contributed by atoms with E-state index in [1.165, 1.54) is 83.5 Å². The Hall–Kier alpha value is -0.690. The van der Waals surface area contributed by atoms with Crippen LogP contribution >= 0.6 is 0 Å². The molecule has 0 saturated carbocycles. The van der Waals surface area contributed by atoms with Crippen LogP contribution in [0, 0.1) is 0 Å². The van der Waals surface area contributed by atoms with Gasteiger partial charge in [0.1, 0.15) is 12.7 Å². The zero-order valence-corrected chi connectivity index (χ0v) is 19.5. The lowest BCUT2D eigenvalue weighted by atomic mass is 10.0. The Morgan fingerprint density at radius 1 is 0.700 bits per heavy atom. The van der Waals surface area contributed by atoms with E-state index in [2.05, 4.69) is 6.92 Å². The average molecular weight is 433 g/mol. The molecular weight excluding hydrogens is 384 g/mol. The number of carbonyl (C=O) groups excluding carboxylic acids is 1. The largest absolute Gasteiger partial charge is 0.463 e. The number of aliphatic hydroxyl groups excluding tert-OH is 2. The third-order valence-electron chi connectivity index (χ3n) is 5.11. The maximum atomic E-state index is 11.3. The van der Waals surface area contributed by atoms with Crippen LogP contribution in [0.25, 0.3) is 0 Å². The predicted molar refractivity (Wildman–Crippen MR) is 121 cm³/mol. The maximum Gasteiger partial charge on any atom is 0.308 e. The molecule has 1 atom stereocenters. The lowest BCUT2D eigenvalue weighted by Gasteiger charge is -2.09. The topological polar surface area (TPSA) is 85.2 Å². The molecule has 0 bridgehead atoms. The monoisotopic (exact) mass is 432 g/mol. The van der Waals surface area contributed by atoms with E-state index in [0.29, 0.717) is 13.2 Å². The van der Waals surface area contributed by atoms with Crippen molar-refractivity contribution >= 4 is 5.97 Å². The molecule has 0 saturated heterocycles. The lowest BCUT2D eigenvalue weighted by molar-refractivity contribution is -0.148. The maximum absolute atomic E-state index is 11.3. The highest BCUT2D eigenvalue weighted by atomic mass is 16.5. The Bertz CT molecular complexity index is 351. The van der Waals surface area contributed by atoms with Crippen LogP contribution in [0.3, 0.4) is 0 Å². The van der Waals surface area contributed by atoms with E-state index in [1.54, 1.807) is 0 Å². The van der Waals surface area contributed by atoms with E-state index in [9.17, 15) is 4.79 Å². The molecule has 0 heterocycles. The molecule has 2 N–H and O–H groups in total. The fourth-order valence-electron chi connectivity index (χ4n) is 3.19. The highest BCUT2D eigenvalue weighted by Gasteiger charge is 2.07. The van der Waals surface area contributed by atoms with E-state index in [4.69, 9.17) is 24.4 Å². The zero-order chi connectivity index (χ0) is 22.1. The van der Waals surface area contributed by atoms with Crippen molar-refractivity contribution in [2.75, 3.05) is 39.6 Å². The molecule has 0 aromatic carbocycles. The van der Waals surface area contributed by atoms with Gasteiger partial charge in [0, 0.05) is 6.61 Å². The SMILES string of the molecule is CCCCCCCCCCCCCCCCOCCOCCC(=O)OCC(O)CO. The molecule has 1 unspecified atom stereocenters. The fourth-order valence-corrected chi connectivity index (χ4v) is 3.19. The highest BCUT2D eigenvalue weighted by Crippen LogP contribution is 2.12. The summed E-state index contributed by atoms with van der Waals surface area (Å²) in [5.41, 5.74) is 0. The molecule has 0 rings (SSSR count). The van der Waals surface area contributed by atoms with Crippen molar-refractivity contribution in [2.45, 2.75) is 109 Å². The number of carbonyl (C=O) groups is 1. The molecule has 0 radical (unpaired) electrons. The number of aliphatic hydroxyl groups is 2. The minimum absolute atomic E-state index is 0.136. The number of hydrogen-bond acceptors (Lipinski definition) is 6. The van der Waals surface area contributed by atoms with Gasteiger partial charge < -0.3 is 24.4 Å². The standard InChI is InChI=1S/C24H48O6/c1-2-3-4-5-6-7-8-9-10-11-12-13-14-15-17-28-19-20-29-18-16-24(27)30-22-23(26)21-25/h23,25-26H,2-22H2,1H3. The molecule has 30 heavy (non-hydrogen) atoms. The first-order valence-electron chi connectivity index (χ1n) is 12.3. The first-order chi connectivity index (χ1) is 14.7. The molecule has 6 heteroatoms. The molecule has 0 aliphatic rings. The summed E-state index contributed by atoms with van der Waals surface area (Å²) in [6, 6.07) is 0. The third kappa shape index (κ3) is 23.6. The minimum Gasteiger partial charge on any atom is -0.463 e. The van der Waals surface area contributed by atoms with Crippen LogP contribution in [0.4, 0.5) is 0 Å². The van der Waals surface area contributed by atoms with E-state index >= 15 is 0 Å². The summed E-state index contributed by atoms with van der Waals surface area (Å²) in [7, 11) is 0. The van der Waals surface area contributed by atoms with Gasteiger partial charge in [0.05, 0.1) is 32.8 Å². The Morgan fingerprint density at radius 3 is 1.67 bits per heavy atom. The van der Waals surface area contributed by atoms with Gasteiger partial charge in [-0.15, -0.1) is 0 Å². The number of hydrogen-bond donors (Lipinski definition) is 2. The Kier molecular flexibility index (Phi) is 24.0. The van der Waals surface area contributed by atoms with Gasteiger partial charge in [-0.05, 0) is 6.42 Å². The van der Waals surface area contributed by atoms with Crippen LogP contribution in [0.5, 0.6) is 0 Å². The molecule has 0 amide bonds. The zero-order valence-electron chi connectivity index (χ0n) is 19.5. The summed E-state index contributed by atoms with van der Waals surface area (Å²) < 4.78 is 15.6. The first kappa shape index (κ1) is 29.3. The van der Waals surface area contributed by atoms with Gasteiger partial charge >= 0.3 is 5.97 Å². The van der Waals surface area contributed by atoms with Crippen molar-refractivity contribution in [1.82, 2.24) is 0 Å². The van der Waals surface area contributed by atoms with E-state index in [0.717, 1.165) is 13.0 Å². The summed E-state index contributed by atoms with van der Waals surface area (Å²) in [6.07, 6.45) is 18.1. The molecule has 0 aromatic rings. The molecule has 0 aliphatic carbocycles. The van der Waals surface area contributed by atoms with Crippen LogP contribution < -0.4 is 0 Å². The Morgan fingerprint density at radius 2 is 1.17 bits per heavy atom. The van der Waals surface area contributed by atoms with E-state index < -0.39 is 18.7 Å². The summed E-state index contributed by atoms with van der Waals surface area (Å²) >= 11 is 0. The van der Waals surface area contributed by atoms with Crippen LogP contribution in [-0.2, 0) is 19.0 Å². The highest BCUT2D eigenvalue weighted by molar-refractivity contribution is 5.69. The molecule has 0 fully saturated rings. The molecule has 0 spiro atoms. The second kappa shape index (κ2) is 24.6. The number of rotatable bonds is 24. The van der Waals surface area contributed by atoms with Gasteiger partial charge in [-0.1, -0.05) is 90.4 Å². The summed E-state index contributed by atoms with van der Waals surface area (Å²) in [5, 5.41) is 17.7. The molecule has 0 aromatic heterocycles. The Labute approximate surface area is 184 Å². The van der Waals surface area contributed by atoms with Gasteiger partial charge in [-0.25, -0.2) is 0 Å². The summed E-state index contributed by atoms with van der Waals surface area (Å²) in [5.74, 6) is -0.439. The lowest BCUT2D eigenvalue weighted by Crippen LogP contribution is -2.22. The van der Waals surface area contributed by atoms with Gasteiger partial charge in [0.25, 0.3) is 0 Å². The average Bonchev–Trinajstić information content (AvgIpc) is 2.76. The summed E-state index contributed by atoms with van der Waals surface area (Å²) in [6.45, 7) is 3.71. The molecule has 0 aliphatic heterocycles. The van der Waals surface area contributed by atoms with Crippen LogP contribution in [0.2, 0.25) is 0 Å². The summed E-state index contributed by atoms with van der Waals surface area (Å²) in [4.78, 5) is 11.3. The number of ether oxygens (including phenoxy) is 3. The van der Waals surface area contributed by atoms with E-state index in [1.807, 2.05) is 0 Å². The van der Waals surface area contributed by atoms with Crippen LogP contribution in [-0.4, -0.2) is 61.9 Å². The number of esters is 1. The fraction of sp³-hybridized carbons (Fsp3) is 0.958. The van der Waals surface area contributed by atoms with Crippen molar-refractivity contribution in [3.05, 3.63) is 0 Å². The smallest absolute Gasteiger partial charge is 0.308 e. The first-order valence-corrected chi connectivity index (χ1v) is 12.3. The van der Waals surface area contributed by atoms with Crippen molar-refractivity contribution in [1.29, 1.82) is 0 Å². The normalized spacial score (nSPS) is 12.2. The van der Waals surface area contributed by atoms with Crippen molar-refractivity contribution in [2.24, 2.45) is 0 Å². The third-order valence-corrected chi connectivity index (χ3v) is 5.11. The molecular formula is C24H48O6. The van der Waals surface area contributed by atoms with Crippen LogP contribution in [0.15, 0.2) is 0 Å². The van der Waals surface area contributed by atoms with Gasteiger partial charge in [-0.3, -0.25) is 4.79 Å². The minimum atomic E-state index is -1.02. The quantitative estimate of drug-likeness (QED) is 0.168. The van der Waals surface area contributed by atoms with Crippen molar-refractivity contribution in [3.8, 4) is 0 Å². The Balaban J connectivity index is 3.10. The molecule has 6 nitrogen and oxygen atoms in total.